The fraction of sp³-hybridized carbons (Fsp3) is 0.273. The van der Waals surface area contributed by atoms with Crippen LogP contribution in [-0.4, -0.2) is 6.18 Å². The van der Waals surface area contributed by atoms with Crippen LogP contribution in [0.15, 0.2) is 30.8 Å². The van der Waals surface area contributed by atoms with Crippen LogP contribution in [0, 0.1) is 0 Å². The van der Waals surface area contributed by atoms with Crippen LogP contribution in [0.2, 0.25) is 0 Å². The van der Waals surface area contributed by atoms with Gasteiger partial charge in [0.05, 0.1) is 5.57 Å². The molecular weight excluding hydrogens is 203 g/mol. The van der Waals surface area contributed by atoms with Crippen molar-refractivity contribution in [2.75, 3.05) is 5.73 Å². The van der Waals surface area contributed by atoms with Gasteiger partial charge in [0.25, 0.3) is 0 Å². The highest BCUT2D eigenvalue weighted by molar-refractivity contribution is 5.76. The van der Waals surface area contributed by atoms with Gasteiger partial charge in [-0.15, -0.1) is 0 Å². The van der Waals surface area contributed by atoms with Gasteiger partial charge in [0, 0.05) is 11.3 Å². The van der Waals surface area contributed by atoms with E-state index >= 15 is 0 Å². The van der Waals surface area contributed by atoms with Crippen LogP contribution in [0.5, 0.6) is 0 Å². The molecule has 0 bridgehead atoms. The quantitative estimate of drug-likeness (QED) is 0.710. The minimum Gasteiger partial charge on any atom is -0.398 e. The van der Waals surface area contributed by atoms with Crippen LogP contribution in [0.3, 0.4) is 0 Å². The highest BCUT2D eigenvalue weighted by Crippen LogP contribution is 2.34. The molecule has 0 aliphatic heterocycles. The summed E-state index contributed by atoms with van der Waals surface area (Å²) in [5.74, 6) is 0. The molecule has 1 nitrogen and oxygen atoms in total. The molecule has 4 heteroatoms. The topological polar surface area (TPSA) is 26.0 Å². The lowest BCUT2D eigenvalue weighted by atomic mass is 10.1. The van der Waals surface area contributed by atoms with Crippen LogP contribution in [-0.2, 0) is 0 Å². The van der Waals surface area contributed by atoms with Crippen molar-refractivity contribution in [3.05, 3.63) is 36.4 Å². The second-order valence-electron chi connectivity index (χ2n) is 2.56. The largest absolute Gasteiger partial charge is 0.416 e. The average molecular weight is 217 g/mol. The summed E-state index contributed by atoms with van der Waals surface area (Å²) in [5, 5.41) is 0. The Morgan fingerprint density at radius 3 is 2.07 bits per heavy atom. The van der Waals surface area contributed by atoms with Crippen molar-refractivity contribution in [1.29, 1.82) is 0 Å². The fourth-order valence-corrected chi connectivity index (χ4v) is 0.925. The van der Waals surface area contributed by atoms with Crippen molar-refractivity contribution in [2.45, 2.75) is 20.0 Å². The van der Waals surface area contributed by atoms with E-state index in [0.29, 0.717) is 0 Å². The van der Waals surface area contributed by atoms with Gasteiger partial charge in [-0.1, -0.05) is 38.6 Å². The van der Waals surface area contributed by atoms with E-state index in [4.69, 9.17) is 5.73 Å². The Balaban J connectivity index is 0.000000921. The van der Waals surface area contributed by atoms with Crippen LogP contribution in [0.25, 0.3) is 5.57 Å². The lowest BCUT2D eigenvalue weighted by molar-refractivity contribution is -0.0686. The maximum Gasteiger partial charge on any atom is 0.416 e. The number of hydrogen-bond acceptors (Lipinski definition) is 1. The zero-order valence-corrected chi connectivity index (χ0v) is 8.73. The van der Waals surface area contributed by atoms with Gasteiger partial charge < -0.3 is 5.73 Å². The number of nitrogens with two attached hydrogens (primary N) is 1. The lowest BCUT2D eigenvalue weighted by Crippen LogP contribution is -2.10. The molecule has 2 N–H and O–H groups in total. The molecule has 84 valence electrons. The van der Waals surface area contributed by atoms with Gasteiger partial charge in [-0.2, -0.15) is 13.2 Å². The molecule has 1 aromatic rings. The minimum absolute atomic E-state index is 0.0602. The summed E-state index contributed by atoms with van der Waals surface area (Å²) in [4.78, 5) is 0. The van der Waals surface area contributed by atoms with Crippen molar-refractivity contribution < 1.29 is 13.2 Å². The third-order valence-electron chi connectivity index (χ3n) is 1.63. The van der Waals surface area contributed by atoms with Crippen molar-refractivity contribution >= 4 is 11.3 Å². The summed E-state index contributed by atoms with van der Waals surface area (Å²) >= 11 is 0. The first-order chi connectivity index (χ1) is 6.93. The van der Waals surface area contributed by atoms with E-state index in [1.807, 2.05) is 13.8 Å². The molecule has 0 fully saturated rings. The highest BCUT2D eigenvalue weighted by Gasteiger charge is 2.33. The smallest absolute Gasteiger partial charge is 0.398 e. The van der Waals surface area contributed by atoms with Crippen molar-refractivity contribution in [3.63, 3.8) is 0 Å². The molecule has 1 rings (SSSR count). The monoisotopic (exact) mass is 217 g/mol. The van der Waals surface area contributed by atoms with E-state index in [9.17, 15) is 13.2 Å². The molecule has 0 aliphatic carbocycles. The molecule has 15 heavy (non-hydrogen) atoms. The zero-order chi connectivity index (χ0) is 12.1. The van der Waals surface area contributed by atoms with Gasteiger partial charge in [0.2, 0.25) is 0 Å². The maximum absolute atomic E-state index is 12.2. The number of allylic oxidation sites excluding steroid dienone is 1. The molecule has 0 spiro atoms. The maximum atomic E-state index is 12.2. The van der Waals surface area contributed by atoms with E-state index in [-0.39, 0.29) is 11.3 Å². The van der Waals surface area contributed by atoms with Crippen molar-refractivity contribution in [1.82, 2.24) is 0 Å². The summed E-state index contributed by atoms with van der Waals surface area (Å²) in [6.45, 7) is 6.95. The Bertz CT molecular complexity index is 329. The second kappa shape index (κ2) is 5.44. The number of hydrogen-bond donors (Lipinski definition) is 1. The molecule has 0 radical (unpaired) electrons. The fourth-order valence-electron chi connectivity index (χ4n) is 0.925. The number of halogens is 3. The Labute approximate surface area is 87.4 Å². The van der Waals surface area contributed by atoms with Gasteiger partial charge in [-0.05, 0) is 6.07 Å². The third-order valence-corrected chi connectivity index (χ3v) is 1.63. The molecular formula is C11H14F3N. The Morgan fingerprint density at radius 2 is 1.67 bits per heavy atom. The number of benzene rings is 1. The average Bonchev–Trinajstić information content (AvgIpc) is 2.19. The normalized spacial score (nSPS) is 10.2. The summed E-state index contributed by atoms with van der Waals surface area (Å²) in [7, 11) is 0. The van der Waals surface area contributed by atoms with Gasteiger partial charge >= 0.3 is 6.18 Å². The standard InChI is InChI=1S/C9H8F3N.C2H6/c1-6(9(10,11)12)7-4-2-3-5-8(7)13;1-2/h2-5H,1,13H2;1-2H3. The van der Waals surface area contributed by atoms with E-state index in [1.54, 1.807) is 6.07 Å². The first-order valence-electron chi connectivity index (χ1n) is 4.54. The predicted molar refractivity (Wildman–Crippen MR) is 57.3 cm³/mol. The molecule has 0 aromatic heterocycles. The predicted octanol–water partition coefficient (Wildman–Crippen LogP) is 3.87. The second-order valence-corrected chi connectivity index (χ2v) is 2.56. The highest BCUT2D eigenvalue weighted by atomic mass is 19.4. The van der Waals surface area contributed by atoms with E-state index in [1.165, 1.54) is 18.2 Å². The first kappa shape index (κ1) is 13.5. The van der Waals surface area contributed by atoms with Gasteiger partial charge in [0.15, 0.2) is 0 Å². The molecule has 0 aliphatic rings. The van der Waals surface area contributed by atoms with Crippen LogP contribution in [0.4, 0.5) is 18.9 Å². The SMILES string of the molecule is C=C(c1ccccc1N)C(F)(F)F.CC. The van der Waals surface area contributed by atoms with Crippen LogP contribution in [0.1, 0.15) is 19.4 Å². The minimum atomic E-state index is -4.42. The van der Waals surface area contributed by atoms with E-state index in [0.717, 1.165) is 0 Å². The summed E-state index contributed by atoms with van der Waals surface area (Å²) in [5.41, 5.74) is 4.47. The number of para-hydroxylation sites is 1. The van der Waals surface area contributed by atoms with Crippen molar-refractivity contribution in [2.24, 2.45) is 0 Å². The van der Waals surface area contributed by atoms with Crippen LogP contribution >= 0.6 is 0 Å². The van der Waals surface area contributed by atoms with Crippen molar-refractivity contribution in [3.8, 4) is 0 Å². The number of nitrogen functional groups attached to an aromatic ring is 1. The molecule has 1 aromatic carbocycles. The van der Waals surface area contributed by atoms with Crippen LogP contribution < -0.4 is 5.73 Å². The Hall–Kier alpha value is -1.45. The number of rotatable bonds is 1. The zero-order valence-electron chi connectivity index (χ0n) is 8.73. The molecule has 0 unspecified atom stereocenters. The van der Waals surface area contributed by atoms with E-state index in [2.05, 4.69) is 6.58 Å². The Kier molecular flexibility index (Phi) is 4.91. The van der Waals surface area contributed by atoms with Gasteiger partial charge in [-0.3, -0.25) is 0 Å². The lowest BCUT2D eigenvalue weighted by Gasteiger charge is -2.11. The first-order valence-corrected chi connectivity index (χ1v) is 4.54. The van der Waals surface area contributed by atoms with Gasteiger partial charge in [-0.25, -0.2) is 0 Å². The third kappa shape index (κ3) is 3.65. The van der Waals surface area contributed by atoms with Gasteiger partial charge in [0.1, 0.15) is 0 Å². The molecule has 0 atom stereocenters. The Morgan fingerprint density at radius 1 is 1.20 bits per heavy atom. The molecule has 0 saturated carbocycles. The number of alkyl halides is 3. The summed E-state index contributed by atoms with van der Waals surface area (Å²) < 4.78 is 36.5. The summed E-state index contributed by atoms with van der Waals surface area (Å²) in [6, 6.07) is 5.77. The van der Waals surface area contributed by atoms with E-state index < -0.39 is 11.7 Å². The molecule has 0 amide bonds. The summed E-state index contributed by atoms with van der Waals surface area (Å²) in [6.07, 6.45) is -4.42. The molecule has 0 heterocycles. The number of anilines is 1. The molecule has 0 saturated heterocycles.